The van der Waals surface area contributed by atoms with Crippen molar-refractivity contribution < 1.29 is 8.42 Å². The summed E-state index contributed by atoms with van der Waals surface area (Å²) in [5.74, 6) is 0.717. The molecular weight excluding hydrogens is 513 g/mol. The van der Waals surface area contributed by atoms with E-state index in [0.717, 1.165) is 25.1 Å². The highest BCUT2D eigenvalue weighted by atomic mass is 127. The van der Waals surface area contributed by atoms with Gasteiger partial charge >= 0.3 is 0 Å². The van der Waals surface area contributed by atoms with Gasteiger partial charge in [-0.05, 0) is 48.7 Å². The summed E-state index contributed by atoms with van der Waals surface area (Å²) in [4.78, 5) is 4.49. The first-order chi connectivity index (χ1) is 14.0. The van der Waals surface area contributed by atoms with Crippen LogP contribution in [0.2, 0.25) is 0 Å². The third-order valence-electron chi connectivity index (χ3n) is 4.73. The number of sulfonamides is 1. The largest absolute Gasteiger partial charge is 0.356 e. The maximum absolute atomic E-state index is 11.8. The average molecular weight is 541 g/mol. The van der Waals surface area contributed by atoms with Crippen molar-refractivity contribution in [2.24, 2.45) is 4.99 Å². The summed E-state index contributed by atoms with van der Waals surface area (Å²) in [6, 6.07) is 17.3. The lowest BCUT2D eigenvalue weighted by atomic mass is 10.2. The lowest BCUT2D eigenvalue weighted by Crippen LogP contribution is -2.37. The maximum Gasteiger partial charge on any atom is 0.240 e. The van der Waals surface area contributed by atoms with Gasteiger partial charge in [0.25, 0.3) is 0 Å². The first kappa shape index (κ1) is 24.2. The van der Waals surface area contributed by atoms with E-state index in [-0.39, 0.29) is 28.9 Å². The fourth-order valence-electron chi connectivity index (χ4n) is 3.10. The highest BCUT2D eigenvalue weighted by molar-refractivity contribution is 14.0. The Kier molecular flexibility index (Phi) is 9.12. The summed E-state index contributed by atoms with van der Waals surface area (Å²) in [7, 11) is -0.271. The second kappa shape index (κ2) is 11.3. The van der Waals surface area contributed by atoms with E-state index in [1.807, 2.05) is 0 Å². The van der Waals surface area contributed by atoms with Crippen LogP contribution in [0.15, 0.2) is 70.7 Å². The van der Waals surface area contributed by atoms with Crippen LogP contribution < -0.4 is 15.4 Å². The standard InChI is InChI=1S/C21H27N5O2S.HI/c1-22-21(25-16-17-8-10-19(11-9-17)29(27,28)23-2)24-13-5-14-26-15-12-18-6-3-4-7-20(18)26;/h3-4,6-12,15,23H,5,13-14,16H2,1-2H3,(H2,22,24,25);1H. The monoisotopic (exact) mass is 541 g/mol. The van der Waals surface area contributed by atoms with E-state index in [1.165, 1.54) is 18.0 Å². The van der Waals surface area contributed by atoms with Crippen LogP contribution in [0.5, 0.6) is 0 Å². The minimum absolute atomic E-state index is 0. The summed E-state index contributed by atoms with van der Waals surface area (Å²) in [6.07, 6.45) is 3.09. The van der Waals surface area contributed by atoms with Crippen LogP contribution in [0.1, 0.15) is 12.0 Å². The number of aliphatic imine (C=N–C) groups is 1. The zero-order valence-corrected chi connectivity index (χ0v) is 20.3. The van der Waals surface area contributed by atoms with Crippen molar-refractivity contribution in [1.82, 2.24) is 19.9 Å². The summed E-state index contributed by atoms with van der Waals surface area (Å²) in [6.45, 7) is 2.28. The normalized spacial score (nSPS) is 11.9. The Morgan fingerprint density at radius 3 is 2.47 bits per heavy atom. The molecule has 0 amide bonds. The van der Waals surface area contributed by atoms with Gasteiger partial charge in [0, 0.05) is 38.4 Å². The van der Waals surface area contributed by atoms with E-state index in [0.29, 0.717) is 12.5 Å². The number of hydrogen-bond donors (Lipinski definition) is 3. The van der Waals surface area contributed by atoms with Crippen LogP contribution in [0.3, 0.4) is 0 Å². The first-order valence-electron chi connectivity index (χ1n) is 9.54. The Morgan fingerprint density at radius 2 is 1.77 bits per heavy atom. The predicted molar refractivity (Wildman–Crippen MR) is 133 cm³/mol. The van der Waals surface area contributed by atoms with Gasteiger partial charge in [0.05, 0.1) is 4.90 Å². The second-order valence-corrected chi connectivity index (χ2v) is 8.51. The maximum atomic E-state index is 11.8. The second-order valence-electron chi connectivity index (χ2n) is 6.63. The van der Waals surface area contributed by atoms with E-state index in [4.69, 9.17) is 0 Å². The van der Waals surface area contributed by atoms with E-state index in [9.17, 15) is 8.42 Å². The first-order valence-corrected chi connectivity index (χ1v) is 11.0. The van der Waals surface area contributed by atoms with Crippen molar-refractivity contribution in [2.45, 2.75) is 24.4 Å². The number of para-hydroxylation sites is 1. The summed E-state index contributed by atoms with van der Waals surface area (Å²) in [5, 5.41) is 7.82. The van der Waals surface area contributed by atoms with Crippen molar-refractivity contribution in [3.63, 3.8) is 0 Å². The van der Waals surface area contributed by atoms with Crippen molar-refractivity contribution in [3.05, 3.63) is 66.4 Å². The summed E-state index contributed by atoms with van der Waals surface area (Å²) in [5.41, 5.74) is 2.22. The van der Waals surface area contributed by atoms with Crippen LogP contribution in [0, 0.1) is 0 Å². The third-order valence-corrected chi connectivity index (χ3v) is 6.16. The topological polar surface area (TPSA) is 87.5 Å². The van der Waals surface area contributed by atoms with Gasteiger partial charge in [0.1, 0.15) is 0 Å². The third kappa shape index (κ3) is 6.19. The molecule has 0 saturated heterocycles. The van der Waals surface area contributed by atoms with Gasteiger partial charge in [0.15, 0.2) is 5.96 Å². The Morgan fingerprint density at radius 1 is 1.03 bits per heavy atom. The van der Waals surface area contributed by atoms with Gasteiger partial charge in [-0.3, -0.25) is 4.99 Å². The lowest BCUT2D eigenvalue weighted by molar-refractivity contribution is 0.588. The predicted octanol–water partition coefficient (Wildman–Crippen LogP) is 2.92. The Bertz CT molecular complexity index is 1080. The molecule has 7 nitrogen and oxygen atoms in total. The van der Waals surface area contributed by atoms with Crippen LogP contribution in [-0.4, -0.2) is 39.6 Å². The number of benzene rings is 2. The molecule has 0 fully saturated rings. The molecule has 0 saturated carbocycles. The highest BCUT2D eigenvalue weighted by Gasteiger charge is 2.10. The SMILES string of the molecule is CN=C(NCCCn1ccc2ccccc21)NCc1ccc(S(=O)(=O)NC)cc1.I. The van der Waals surface area contributed by atoms with Crippen molar-refractivity contribution in [1.29, 1.82) is 0 Å². The Hall–Kier alpha value is -2.11. The number of aryl methyl sites for hydroxylation is 1. The van der Waals surface area contributed by atoms with Gasteiger partial charge in [-0.1, -0.05) is 30.3 Å². The molecule has 2 aromatic carbocycles. The number of nitrogens with zero attached hydrogens (tertiary/aromatic N) is 2. The molecule has 3 aromatic rings. The van der Waals surface area contributed by atoms with E-state index >= 15 is 0 Å². The molecule has 1 aromatic heterocycles. The molecule has 30 heavy (non-hydrogen) atoms. The Labute approximate surface area is 195 Å². The van der Waals surface area contributed by atoms with Crippen LogP contribution in [0.4, 0.5) is 0 Å². The molecule has 0 bridgehead atoms. The van der Waals surface area contributed by atoms with Gasteiger partial charge in [-0.2, -0.15) is 0 Å². The zero-order chi connectivity index (χ0) is 20.7. The van der Waals surface area contributed by atoms with E-state index in [2.05, 4.69) is 61.4 Å². The summed E-state index contributed by atoms with van der Waals surface area (Å²) < 4.78 is 28.1. The molecule has 0 aliphatic heterocycles. The molecule has 0 atom stereocenters. The molecule has 0 unspecified atom stereocenters. The van der Waals surface area contributed by atoms with Crippen LogP contribution >= 0.6 is 24.0 Å². The fraction of sp³-hybridized carbons (Fsp3) is 0.286. The molecule has 0 aliphatic rings. The smallest absolute Gasteiger partial charge is 0.240 e. The number of fused-ring (bicyclic) bond motifs is 1. The number of nitrogens with one attached hydrogen (secondary N) is 3. The number of rotatable bonds is 8. The van der Waals surface area contributed by atoms with Crippen molar-refractivity contribution in [3.8, 4) is 0 Å². The molecule has 3 rings (SSSR count). The molecule has 3 N–H and O–H groups in total. The van der Waals surface area contributed by atoms with Gasteiger partial charge in [-0.15, -0.1) is 24.0 Å². The number of aromatic nitrogens is 1. The molecule has 0 aliphatic carbocycles. The van der Waals surface area contributed by atoms with E-state index < -0.39 is 10.0 Å². The molecule has 162 valence electrons. The quantitative estimate of drug-likeness (QED) is 0.177. The minimum atomic E-state index is -3.41. The molecule has 0 spiro atoms. The van der Waals surface area contributed by atoms with Crippen molar-refractivity contribution >= 4 is 50.9 Å². The Balaban J connectivity index is 0.00000320. The van der Waals surface area contributed by atoms with E-state index in [1.54, 1.807) is 31.3 Å². The number of guanidine groups is 1. The average Bonchev–Trinajstić information content (AvgIpc) is 3.16. The summed E-state index contributed by atoms with van der Waals surface area (Å²) >= 11 is 0. The van der Waals surface area contributed by atoms with Crippen LogP contribution in [-0.2, 0) is 23.1 Å². The van der Waals surface area contributed by atoms with Gasteiger partial charge < -0.3 is 15.2 Å². The molecule has 1 heterocycles. The molecule has 0 radical (unpaired) electrons. The molecular formula is C21H28IN5O2S. The number of hydrogen-bond acceptors (Lipinski definition) is 3. The molecule has 9 heteroatoms. The fourth-order valence-corrected chi connectivity index (χ4v) is 3.83. The van der Waals surface area contributed by atoms with Gasteiger partial charge in [-0.25, -0.2) is 13.1 Å². The van der Waals surface area contributed by atoms with Gasteiger partial charge in [0.2, 0.25) is 10.0 Å². The zero-order valence-electron chi connectivity index (χ0n) is 17.1. The number of halogens is 1. The van der Waals surface area contributed by atoms with Crippen molar-refractivity contribution in [2.75, 3.05) is 20.6 Å². The lowest BCUT2D eigenvalue weighted by Gasteiger charge is -2.13. The highest BCUT2D eigenvalue weighted by Crippen LogP contribution is 2.15. The van der Waals surface area contributed by atoms with Crippen LogP contribution in [0.25, 0.3) is 10.9 Å². The minimum Gasteiger partial charge on any atom is -0.356 e.